The van der Waals surface area contributed by atoms with Gasteiger partial charge in [-0.3, -0.25) is 0 Å². The van der Waals surface area contributed by atoms with E-state index < -0.39 is 5.82 Å². The average Bonchev–Trinajstić information content (AvgIpc) is 3.19. The van der Waals surface area contributed by atoms with Gasteiger partial charge in [-0.25, -0.2) is 14.4 Å². The van der Waals surface area contributed by atoms with Gasteiger partial charge in [0, 0.05) is 24.0 Å². The van der Waals surface area contributed by atoms with Gasteiger partial charge in [-0.2, -0.15) is 0 Å². The molecule has 1 saturated heterocycles. The summed E-state index contributed by atoms with van der Waals surface area (Å²) in [7, 11) is 0. The molecule has 1 aliphatic heterocycles. The number of halogens is 1. The molecule has 0 amide bonds. The Morgan fingerprint density at radius 2 is 2.08 bits per heavy atom. The van der Waals surface area contributed by atoms with E-state index in [4.69, 9.17) is 4.74 Å². The number of rotatable bonds is 4. The van der Waals surface area contributed by atoms with Crippen LogP contribution in [0.3, 0.4) is 0 Å². The maximum atomic E-state index is 14.4. The van der Waals surface area contributed by atoms with Crippen LogP contribution in [0.25, 0.3) is 16.9 Å². The van der Waals surface area contributed by atoms with Crippen molar-refractivity contribution in [3.05, 3.63) is 42.9 Å². The monoisotopic (exact) mass is 356 g/mol. The molecular formula is C17H17FN6O2. The van der Waals surface area contributed by atoms with Crippen molar-refractivity contribution in [1.29, 1.82) is 0 Å². The molecule has 2 aromatic heterocycles. The number of hydrogen-bond donors (Lipinski definition) is 2. The van der Waals surface area contributed by atoms with E-state index in [-0.39, 0.29) is 34.8 Å². The van der Waals surface area contributed by atoms with Crippen LogP contribution in [0, 0.1) is 5.82 Å². The molecule has 3 aromatic rings. The summed E-state index contributed by atoms with van der Waals surface area (Å²) in [6, 6.07) is 2.69. The quantitative estimate of drug-likeness (QED) is 0.734. The van der Waals surface area contributed by atoms with Crippen LogP contribution in [-0.4, -0.2) is 49.0 Å². The largest absolute Gasteiger partial charge is 0.507 e. The number of benzene rings is 1. The molecule has 8 nitrogen and oxygen atoms in total. The second-order valence-electron chi connectivity index (χ2n) is 5.98. The van der Waals surface area contributed by atoms with Crippen molar-refractivity contribution in [2.45, 2.75) is 18.9 Å². The second kappa shape index (κ2) is 7.04. The fraction of sp³-hybridized carbons (Fsp3) is 0.294. The zero-order chi connectivity index (χ0) is 17.9. The van der Waals surface area contributed by atoms with E-state index >= 15 is 0 Å². The van der Waals surface area contributed by atoms with E-state index in [9.17, 15) is 9.50 Å². The van der Waals surface area contributed by atoms with E-state index in [0.29, 0.717) is 0 Å². The molecule has 1 aliphatic rings. The Bertz CT molecular complexity index is 879. The predicted molar refractivity (Wildman–Crippen MR) is 90.5 cm³/mol. The van der Waals surface area contributed by atoms with Crippen molar-refractivity contribution in [2.75, 3.05) is 13.1 Å². The molecule has 2 N–H and O–H groups in total. The number of ether oxygens (including phenoxy) is 1. The van der Waals surface area contributed by atoms with E-state index in [1.165, 1.54) is 35.4 Å². The van der Waals surface area contributed by atoms with Crippen molar-refractivity contribution in [1.82, 2.24) is 30.0 Å². The Morgan fingerprint density at radius 3 is 2.77 bits per heavy atom. The zero-order valence-electron chi connectivity index (χ0n) is 13.8. The lowest BCUT2D eigenvalue weighted by Gasteiger charge is -2.22. The first kappa shape index (κ1) is 16.4. The molecular weight excluding hydrogens is 339 g/mol. The van der Waals surface area contributed by atoms with Gasteiger partial charge in [-0.05, 0) is 32.0 Å². The zero-order valence-corrected chi connectivity index (χ0v) is 13.8. The maximum absolute atomic E-state index is 14.4. The summed E-state index contributed by atoms with van der Waals surface area (Å²) >= 11 is 0. The van der Waals surface area contributed by atoms with Crippen molar-refractivity contribution in [2.24, 2.45) is 0 Å². The number of nitrogens with zero attached hydrogens (tertiary/aromatic N) is 5. The van der Waals surface area contributed by atoms with Gasteiger partial charge in [0.2, 0.25) is 0 Å². The smallest absolute Gasteiger partial charge is 0.335 e. The van der Waals surface area contributed by atoms with Gasteiger partial charge in [0.05, 0.1) is 18.2 Å². The van der Waals surface area contributed by atoms with E-state index in [1.807, 2.05) is 0 Å². The third kappa shape index (κ3) is 3.33. The summed E-state index contributed by atoms with van der Waals surface area (Å²) in [6.07, 6.45) is 7.80. The Morgan fingerprint density at radius 1 is 1.23 bits per heavy atom. The SMILES string of the molecule is Oc1cc(-n2ccnc2)c(F)cc1-c1cnc(OC2CCNCC2)nn1. The third-order valence-corrected chi connectivity index (χ3v) is 4.22. The highest BCUT2D eigenvalue weighted by Gasteiger charge is 2.17. The van der Waals surface area contributed by atoms with Crippen molar-refractivity contribution >= 4 is 0 Å². The molecule has 0 bridgehead atoms. The number of phenols is 1. The molecule has 9 heteroatoms. The second-order valence-corrected chi connectivity index (χ2v) is 5.98. The molecule has 0 spiro atoms. The van der Waals surface area contributed by atoms with E-state index in [0.717, 1.165) is 25.9 Å². The Hall–Kier alpha value is -3.07. The van der Waals surface area contributed by atoms with Crippen LogP contribution < -0.4 is 10.1 Å². The van der Waals surface area contributed by atoms with Crippen LogP contribution in [0.1, 0.15) is 12.8 Å². The summed E-state index contributed by atoms with van der Waals surface area (Å²) in [5.74, 6) is -0.647. The molecule has 0 unspecified atom stereocenters. The van der Waals surface area contributed by atoms with Crippen LogP contribution in [-0.2, 0) is 0 Å². The van der Waals surface area contributed by atoms with Crippen LogP contribution in [0.4, 0.5) is 4.39 Å². The van der Waals surface area contributed by atoms with Gasteiger partial charge in [-0.15, -0.1) is 5.10 Å². The minimum absolute atomic E-state index is 0.0595. The van der Waals surface area contributed by atoms with Crippen LogP contribution in [0.15, 0.2) is 37.1 Å². The lowest BCUT2D eigenvalue weighted by Crippen LogP contribution is -2.34. The van der Waals surface area contributed by atoms with Gasteiger partial charge in [0.25, 0.3) is 0 Å². The number of nitrogens with one attached hydrogen (secondary N) is 1. The Balaban J connectivity index is 1.56. The van der Waals surface area contributed by atoms with Crippen molar-refractivity contribution in [3.63, 3.8) is 0 Å². The van der Waals surface area contributed by atoms with Crippen molar-refractivity contribution < 1.29 is 14.2 Å². The summed E-state index contributed by atoms with van der Waals surface area (Å²) in [5.41, 5.74) is 0.659. The van der Waals surface area contributed by atoms with Gasteiger partial charge in [0.15, 0.2) is 0 Å². The highest BCUT2D eigenvalue weighted by atomic mass is 19.1. The fourth-order valence-electron chi connectivity index (χ4n) is 2.86. The average molecular weight is 356 g/mol. The molecule has 134 valence electrons. The maximum Gasteiger partial charge on any atom is 0.335 e. The molecule has 4 rings (SSSR count). The molecule has 0 aliphatic carbocycles. The highest BCUT2D eigenvalue weighted by molar-refractivity contribution is 5.68. The van der Waals surface area contributed by atoms with E-state index in [1.54, 1.807) is 6.20 Å². The number of hydrogen-bond acceptors (Lipinski definition) is 7. The van der Waals surface area contributed by atoms with Crippen LogP contribution in [0.2, 0.25) is 0 Å². The molecule has 26 heavy (non-hydrogen) atoms. The molecule has 3 heterocycles. The molecule has 0 atom stereocenters. The number of aromatic hydroxyl groups is 1. The highest BCUT2D eigenvalue weighted by Crippen LogP contribution is 2.31. The van der Waals surface area contributed by atoms with Gasteiger partial charge >= 0.3 is 6.01 Å². The molecule has 0 radical (unpaired) electrons. The first-order valence-corrected chi connectivity index (χ1v) is 8.29. The van der Waals surface area contributed by atoms with Gasteiger partial charge in [0.1, 0.15) is 23.4 Å². The Kier molecular flexibility index (Phi) is 4.44. The van der Waals surface area contributed by atoms with Gasteiger partial charge < -0.3 is 19.7 Å². The summed E-state index contributed by atoms with van der Waals surface area (Å²) in [4.78, 5) is 8.00. The minimum Gasteiger partial charge on any atom is -0.507 e. The Labute approximate surface area is 148 Å². The number of phenolic OH excluding ortho intramolecular Hbond substituents is 1. The predicted octanol–water partition coefficient (Wildman–Crippen LogP) is 1.70. The third-order valence-electron chi connectivity index (χ3n) is 4.22. The summed E-state index contributed by atoms with van der Waals surface area (Å²) in [6.45, 7) is 1.79. The molecule has 1 fully saturated rings. The van der Waals surface area contributed by atoms with Gasteiger partial charge in [-0.1, -0.05) is 5.10 Å². The van der Waals surface area contributed by atoms with E-state index in [2.05, 4.69) is 25.5 Å². The minimum atomic E-state index is -0.521. The topological polar surface area (TPSA) is 98.0 Å². The summed E-state index contributed by atoms with van der Waals surface area (Å²) < 4.78 is 21.6. The lowest BCUT2D eigenvalue weighted by molar-refractivity contribution is 0.147. The number of aromatic nitrogens is 5. The normalized spacial score (nSPS) is 15.1. The first-order valence-electron chi connectivity index (χ1n) is 8.29. The molecule has 0 saturated carbocycles. The number of piperidine rings is 1. The van der Waals surface area contributed by atoms with Crippen LogP contribution in [0.5, 0.6) is 11.8 Å². The first-order chi connectivity index (χ1) is 12.7. The fourth-order valence-corrected chi connectivity index (χ4v) is 2.86. The van der Waals surface area contributed by atoms with Crippen molar-refractivity contribution in [3.8, 4) is 28.7 Å². The molecule has 1 aromatic carbocycles. The summed E-state index contributed by atoms with van der Waals surface area (Å²) in [5, 5.41) is 21.5. The van der Waals surface area contributed by atoms with Crippen LogP contribution >= 0.6 is 0 Å². The standard InChI is InChI=1S/C17H17FN6O2/c18-13-7-12(16(25)8-15(13)24-6-5-20-10-24)14-9-21-17(23-22-14)26-11-1-3-19-4-2-11/h5-11,19,25H,1-4H2. The number of imidazole rings is 1. The lowest BCUT2D eigenvalue weighted by atomic mass is 10.1.